The number of hydrogen-bond acceptors (Lipinski definition) is 14. The van der Waals surface area contributed by atoms with Crippen molar-refractivity contribution in [1.29, 1.82) is 0 Å². The molecule has 17 nitrogen and oxygen atoms in total. The molecule has 4 fully saturated rings. The fourth-order valence-corrected chi connectivity index (χ4v) is 9.57. The SMILES string of the molecule is COc1cc2nc(N3CCCN(C)CC3)nc(NC3CCN(CCCNC(=O)COCCOCCNC(=O)CCCCC4SCC5NC(=O)NC54)CC3)c2cc1OC. The molecule has 4 aliphatic heterocycles. The van der Waals surface area contributed by atoms with Gasteiger partial charge in [0.15, 0.2) is 11.5 Å². The number of ether oxygens (including phenoxy) is 4. The molecule has 4 amide bonds. The van der Waals surface area contributed by atoms with Crippen molar-refractivity contribution in [3.05, 3.63) is 12.1 Å². The van der Waals surface area contributed by atoms with Gasteiger partial charge in [-0.1, -0.05) is 6.42 Å². The lowest BCUT2D eigenvalue weighted by molar-refractivity contribution is -0.126. The minimum Gasteiger partial charge on any atom is -0.493 e. The van der Waals surface area contributed by atoms with Crippen LogP contribution in [0.15, 0.2) is 12.1 Å². The third kappa shape index (κ3) is 12.8. The summed E-state index contributed by atoms with van der Waals surface area (Å²) in [6.07, 6.45) is 7.17. The number of carbonyl (C=O) groups excluding carboxylic acids is 3. The molecule has 5 heterocycles. The van der Waals surface area contributed by atoms with E-state index in [-0.39, 0.29) is 42.6 Å². The van der Waals surface area contributed by atoms with Crippen molar-refractivity contribution in [3.63, 3.8) is 0 Å². The molecule has 58 heavy (non-hydrogen) atoms. The number of urea groups is 1. The topological polar surface area (TPSA) is 184 Å². The summed E-state index contributed by atoms with van der Waals surface area (Å²) in [5.74, 6) is 3.70. The Balaban J connectivity index is 0.795. The van der Waals surface area contributed by atoms with Crippen molar-refractivity contribution >= 4 is 52.3 Å². The van der Waals surface area contributed by atoms with Gasteiger partial charge in [-0.05, 0) is 64.7 Å². The molecule has 4 saturated heterocycles. The van der Waals surface area contributed by atoms with Gasteiger partial charge in [0, 0.05) is 80.7 Å². The van der Waals surface area contributed by atoms with Crippen LogP contribution in [0.3, 0.4) is 0 Å². The van der Waals surface area contributed by atoms with Gasteiger partial charge < -0.3 is 60.2 Å². The summed E-state index contributed by atoms with van der Waals surface area (Å²) < 4.78 is 22.3. The second kappa shape index (κ2) is 22.5. The van der Waals surface area contributed by atoms with Gasteiger partial charge in [-0.15, -0.1) is 0 Å². The number of benzene rings is 1. The van der Waals surface area contributed by atoms with Gasteiger partial charge in [-0.25, -0.2) is 9.78 Å². The Kier molecular flexibility index (Phi) is 17.0. The third-order valence-corrected chi connectivity index (χ3v) is 12.9. The number of likely N-dealkylation sites (N-methyl/N-ethyl adjacent to an activating group) is 1. The Hall–Kier alpha value is -3.84. The van der Waals surface area contributed by atoms with E-state index in [4.69, 9.17) is 28.9 Å². The number of unbranched alkanes of at least 4 members (excludes halogenated alkanes) is 1. The van der Waals surface area contributed by atoms with E-state index in [1.807, 2.05) is 23.9 Å². The smallest absolute Gasteiger partial charge is 0.315 e. The van der Waals surface area contributed by atoms with Crippen LogP contribution in [0.2, 0.25) is 0 Å². The molecular weight excluding hydrogens is 765 g/mol. The maximum atomic E-state index is 12.3. The minimum atomic E-state index is -0.135. The van der Waals surface area contributed by atoms with Gasteiger partial charge in [-0.2, -0.15) is 16.7 Å². The molecule has 0 aliphatic carbocycles. The second-order valence-electron chi connectivity index (χ2n) is 15.6. The molecule has 2 aromatic rings. The van der Waals surface area contributed by atoms with Crippen molar-refractivity contribution < 1.29 is 33.3 Å². The van der Waals surface area contributed by atoms with Crippen LogP contribution in [0.4, 0.5) is 16.6 Å². The monoisotopic (exact) mass is 828 g/mol. The van der Waals surface area contributed by atoms with E-state index in [0.29, 0.717) is 56.1 Å². The van der Waals surface area contributed by atoms with Crippen LogP contribution in [0, 0.1) is 0 Å². The van der Waals surface area contributed by atoms with Crippen LogP contribution in [0.25, 0.3) is 10.9 Å². The highest BCUT2D eigenvalue weighted by atomic mass is 32.2. The summed E-state index contributed by atoms with van der Waals surface area (Å²) in [4.78, 5) is 53.1. The predicted octanol–water partition coefficient (Wildman–Crippen LogP) is 2.05. The molecule has 3 atom stereocenters. The first-order valence-corrected chi connectivity index (χ1v) is 22.1. The van der Waals surface area contributed by atoms with Crippen molar-refractivity contribution in [1.82, 2.24) is 41.0 Å². The van der Waals surface area contributed by atoms with Crippen LogP contribution >= 0.6 is 11.8 Å². The molecule has 0 bridgehead atoms. The van der Waals surface area contributed by atoms with Gasteiger partial charge in [0.05, 0.1) is 51.6 Å². The number of methoxy groups -OCH3 is 2. The largest absolute Gasteiger partial charge is 0.493 e. The number of nitrogens with one attached hydrogen (secondary N) is 5. The minimum absolute atomic E-state index is 0.00624. The van der Waals surface area contributed by atoms with E-state index in [1.165, 1.54) is 0 Å². The van der Waals surface area contributed by atoms with Crippen LogP contribution in [0.5, 0.6) is 11.5 Å². The Morgan fingerprint density at radius 1 is 0.879 bits per heavy atom. The van der Waals surface area contributed by atoms with E-state index < -0.39 is 0 Å². The summed E-state index contributed by atoms with van der Waals surface area (Å²) in [6, 6.07) is 4.56. The number of fused-ring (bicyclic) bond motifs is 2. The average molecular weight is 829 g/mol. The first-order valence-electron chi connectivity index (χ1n) is 21.0. The summed E-state index contributed by atoms with van der Waals surface area (Å²) in [6.45, 7) is 8.76. The van der Waals surface area contributed by atoms with Gasteiger partial charge >= 0.3 is 6.03 Å². The lowest BCUT2D eigenvalue weighted by Crippen LogP contribution is -2.40. The standard InChI is InChI=1S/C40H64N10O7S/c1-48-14-7-16-50(20-19-48)39-44-30-25-33(55-3)32(54-2)24-29(30)38(47-39)43-28-10-17-49(18-11-28)15-6-12-41-36(52)26-57-23-22-56-21-13-42-35(51)9-5-4-8-34-37-31(27-58-34)45-40(53)46-37/h24-25,28,31,34,37H,4-23,26-27H2,1-3H3,(H,41,52)(H,42,51)(H,43,44,47)(H2,45,46,53). The number of anilines is 2. The molecular formula is C40H64N10O7S. The van der Waals surface area contributed by atoms with E-state index in [1.54, 1.807) is 14.2 Å². The Labute approximate surface area is 346 Å². The number of aromatic nitrogens is 2. The fraction of sp³-hybridized carbons (Fsp3) is 0.725. The molecule has 0 saturated carbocycles. The van der Waals surface area contributed by atoms with Crippen molar-refractivity contribution in [2.24, 2.45) is 0 Å². The Morgan fingerprint density at radius 2 is 1.67 bits per heavy atom. The molecule has 3 unspecified atom stereocenters. The summed E-state index contributed by atoms with van der Waals surface area (Å²) in [7, 11) is 5.45. The average Bonchev–Trinajstić information content (AvgIpc) is 3.70. The molecule has 5 N–H and O–H groups in total. The first-order chi connectivity index (χ1) is 28.3. The van der Waals surface area contributed by atoms with E-state index >= 15 is 0 Å². The van der Waals surface area contributed by atoms with Crippen molar-refractivity contribution in [2.45, 2.75) is 74.7 Å². The van der Waals surface area contributed by atoms with Gasteiger partial charge in [0.2, 0.25) is 17.8 Å². The zero-order valence-electron chi connectivity index (χ0n) is 34.5. The van der Waals surface area contributed by atoms with Gasteiger partial charge in [-0.3, -0.25) is 9.59 Å². The number of piperidine rings is 1. The number of likely N-dealkylation sites (tertiary alicyclic amines) is 1. The molecule has 322 valence electrons. The normalized spacial score (nSPS) is 21.6. The number of amides is 4. The quantitative estimate of drug-likeness (QED) is 0.0859. The molecule has 6 rings (SSSR count). The van der Waals surface area contributed by atoms with Crippen LogP contribution < -0.4 is 41.0 Å². The maximum absolute atomic E-state index is 12.3. The fourth-order valence-electron chi connectivity index (χ4n) is 8.03. The number of hydrogen-bond donors (Lipinski definition) is 5. The summed E-state index contributed by atoms with van der Waals surface area (Å²) >= 11 is 1.90. The highest BCUT2D eigenvalue weighted by molar-refractivity contribution is 8.00. The molecule has 1 aromatic carbocycles. The van der Waals surface area contributed by atoms with Crippen LogP contribution in [-0.2, 0) is 19.1 Å². The lowest BCUT2D eigenvalue weighted by Gasteiger charge is -2.33. The lowest BCUT2D eigenvalue weighted by atomic mass is 10.0. The predicted molar refractivity (Wildman–Crippen MR) is 226 cm³/mol. The number of rotatable bonds is 22. The van der Waals surface area contributed by atoms with Crippen LogP contribution in [-0.4, -0.2) is 173 Å². The molecule has 0 radical (unpaired) electrons. The Bertz CT molecular complexity index is 1650. The molecule has 1 aromatic heterocycles. The number of carbonyl (C=O) groups is 3. The molecule has 0 spiro atoms. The highest BCUT2D eigenvalue weighted by Gasteiger charge is 2.42. The van der Waals surface area contributed by atoms with E-state index in [2.05, 4.69) is 48.3 Å². The van der Waals surface area contributed by atoms with Crippen molar-refractivity contribution in [2.75, 3.05) is 123 Å². The zero-order chi connectivity index (χ0) is 40.7. The van der Waals surface area contributed by atoms with Crippen molar-refractivity contribution in [3.8, 4) is 11.5 Å². The first kappa shape index (κ1) is 43.7. The Morgan fingerprint density at radius 3 is 2.50 bits per heavy atom. The van der Waals surface area contributed by atoms with E-state index in [0.717, 1.165) is 119 Å². The van der Waals surface area contributed by atoms with E-state index in [9.17, 15) is 14.4 Å². The third-order valence-electron chi connectivity index (χ3n) is 11.3. The summed E-state index contributed by atoms with van der Waals surface area (Å²) in [5, 5.41) is 16.9. The van der Waals surface area contributed by atoms with Crippen LogP contribution in [0.1, 0.15) is 51.4 Å². The number of thioether (sulfide) groups is 1. The number of nitrogens with zero attached hydrogens (tertiary/aromatic N) is 5. The highest BCUT2D eigenvalue weighted by Crippen LogP contribution is 2.36. The maximum Gasteiger partial charge on any atom is 0.315 e. The summed E-state index contributed by atoms with van der Waals surface area (Å²) in [5.41, 5.74) is 0.829. The second-order valence-corrected chi connectivity index (χ2v) is 16.9. The zero-order valence-corrected chi connectivity index (χ0v) is 35.3. The van der Waals surface area contributed by atoms with Gasteiger partial charge in [0.25, 0.3) is 0 Å². The molecule has 4 aliphatic rings. The molecule has 18 heteroatoms. The van der Waals surface area contributed by atoms with Gasteiger partial charge in [0.1, 0.15) is 12.4 Å².